The fourth-order valence-electron chi connectivity index (χ4n) is 2.25. The molecule has 0 radical (unpaired) electrons. The van der Waals surface area contributed by atoms with Gasteiger partial charge in [0.05, 0.1) is 19.2 Å². The van der Waals surface area contributed by atoms with Crippen molar-refractivity contribution >= 4 is 6.03 Å². The number of benzene rings is 1. The molecule has 0 bridgehead atoms. The molecule has 1 N–H and O–H groups in total. The number of urea groups is 1. The first-order chi connectivity index (χ1) is 9.06. The van der Waals surface area contributed by atoms with Crippen LogP contribution in [0.5, 0.6) is 5.75 Å². The normalized spacial score (nSPS) is 18.1. The maximum Gasteiger partial charge on any atom is 0.318 e. The highest BCUT2D eigenvalue weighted by atomic mass is 16.5. The topological polar surface area (TPSA) is 65.4 Å². The summed E-state index contributed by atoms with van der Waals surface area (Å²) in [4.78, 5) is 13.2. The van der Waals surface area contributed by atoms with Crippen LogP contribution in [-0.2, 0) is 0 Å². The van der Waals surface area contributed by atoms with Crippen LogP contribution in [0.2, 0.25) is 0 Å². The van der Waals surface area contributed by atoms with Gasteiger partial charge in [-0.05, 0) is 37.1 Å². The van der Waals surface area contributed by atoms with Crippen molar-refractivity contribution in [3.8, 4) is 11.8 Å². The average Bonchev–Trinajstić information content (AvgIpc) is 2.74. The van der Waals surface area contributed by atoms with E-state index in [1.165, 1.54) is 4.90 Å². The van der Waals surface area contributed by atoms with Crippen molar-refractivity contribution in [1.29, 1.82) is 5.26 Å². The largest absolute Gasteiger partial charge is 0.496 e. The quantitative estimate of drug-likeness (QED) is 0.843. The second kappa shape index (κ2) is 5.19. The second-order valence-electron chi connectivity index (χ2n) is 4.72. The van der Waals surface area contributed by atoms with E-state index in [2.05, 4.69) is 5.32 Å². The monoisotopic (exact) mass is 259 g/mol. The van der Waals surface area contributed by atoms with Gasteiger partial charge in [0.1, 0.15) is 12.3 Å². The van der Waals surface area contributed by atoms with Crippen molar-refractivity contribution in [2.75, 3.05) is 20.2 Å². The third kappa shape index (κ3) is 2.48. The fourth-order valence-corrected chi connectivity index (χ4v) is 2.25. The van der Waals surface area contributed by atoms with Crippen LogP contribution >= 0.6 is 0 Å². The summed E-state index contributed by atoms with van der Waals surface area (Å²) in [5.74, 6) is 0.771. The van der Waals surface area contributed by atoms with Gasteiger partial charge in [-0.25, -0.2) is 4.79 Å². The molecule has 0 saturated carbocycles. The molecule has 1 aromatic rings. The number of nitrogens with one attached hydrogen (secondary N) is 1. The van der Waals surface area contributed by atoms with E-state index in [1.54, 1.807) is 7.11 Å². The number of methoxy groups -OCH3 is 1. The van der Waals surface area contributed by atoms with Crippen LogP contribution in [0.1, 0.15) is 22.7 Å². The van der Waals surface area contributed by atoms with Crippen molar-refractivity contribution in [3.05, 3.63) is 28.8 Å². The molecule has 1 aliphatic heterocycles. The van der Waals surface area contributed by atoms with Gasteiger partial charge in [0.15, 0.2) is 0 Å². The minimum absolute atomic E-state index is 0.107. The summed E-state index contributed by atoms with van der Waals surface area (Å²) >= 11 is 0. The van der Waals surface area contributed by atoms with Crippen molar-refractivity contribution in [2.24, 2.45) is 0 Å². The lowest BCUT2D eigenvalue weighted by Gasteiger charge is -2.16. The first kappa shape index (κ1) is 13.2. The second-order valence-corrected chi connectivity index (χ2v) is 4.72. The minimum Gasteiger partial charge on any atom is -0.496 e. The first-order valence-electron chi connectivity index (χ1n) is 6.14. The molecule has 0 spiro atoms. The molecular weight excluding hydrogens is 242 g/mol. The third-order valence-corrected chi connectivity index (χ3v) is 3.47. The summed E-state index contributed by atoms with van der Waals surface area (Å²) in [6, 6.07) is 5.68. The van der Waals surface area contributed by atoms with Crippen LogP contribution in [0.4, 0.5) is 4.79 Å². The molecule has 1 unspecified atom stereocenters. The Balaban J connectivity index is 2.31. The van der Waals surface area contributed by atoms with Crippen molar-refractivity contribution in [2.45, 2.75) is 19.9 Å². The lowest BCUT2D eigenvalue weighted by atomic mass is 10.00. The number of aryl methyl sites for hydroxylation is 2. The predicted molar refractivity (Wildman–Crippen MR) is 70.9 cm³/mol. The number of amides is 2. The molecule has 0 aromatic heterocycles. The summed E-state index contributed by atoms with van der Waals surface area (Å²) in [6.07, 6.45) is 0. The van der Waals surface area contributed by atoms with Gasteiger partial charge in [0.2, 0.25) is 0 Å². The Morgan fingerprint density at radius 2 is 2.16 bits per heavy atom. The van der Waals surface area contributed by atoms with Gasteiger partial charge in [-0.1, -0.05) is 0 Å². The number of ether oxygens (including phenoxy) is 1. The van der Waals surface area contributed by atoms with Crippen molar-refractivity contribution < 1.29 is 9.53 Å². The first-order valence-corrected chi connectivity index (χ1v) is 6.14. The lowest BCUT2D eigenvalue weighted by molar-refractivity contribution is 0.222. The van der Waals surface area contributed by atoms with Crippen LogP contribution in [-0.4, -0.2) is 31.1 Å². The van der Waals surface area contributed by atoms with E-state index in [0.717, 1.165) is 22.4 Å². The number of rotatable bonds is 3. The highest BCUT2D eigenvalue weighted by molar-refractivity contribution is 5.77. The zero-order valence-corrected chi connectivity index (χ0v) is 11.4. The Kier molecular flexibility index (Phi) is 3.61. The number of hydrogen-bond acceptors (Lipinski definition) is 3. The zero-order valence-electron chi connectivity index (χ0n) is 11.4. The number of hydrogen-bond donors (Lipinski definition) is 1. The van der Waals surface area contributed by atoms with Gasteiger partial charge in [-0.2, -0.15) is 5.26 Å². The van der Waals surface area contributed by atoms with E-state index in [4.69, 9.17) is 10.00 Å². The summed E-state index contributed by atoms with van der Waals surface area (Å²) in [6.45, 7) is 4.65. The average molecular weight is 259 g/mol. The number of carbonyl (C=O) groups excluding carboxylic acids is 1. The molecule has 1 fully saturated rings. The predicted octanol–water partition coefficient (Wildman–Crippen LogP) is 1.90. The maximum atomic E-state index is 11.7. The van der Waals surface area contributed by atoms with Gasteiger partial charge >= 0.3 is 6.03 Å². The van der Waals surface area contributed by atoms with E-state index in [0.29, 0.717) is 6.54 Å². The van der Waals surface area contributed by atoms with Crippen LogP contribution in [0.15, 0.2) is 12.1 Å². The molecular formula is C14H17N3O2. The summed E-state index contributed by atoms with van der Waals surface area (Å²) in [5.41, 5.74) is 3.27. The molecule has 5 nitrogen and oxygen atoms in total. The van der Waals surface area contributed by atoms with Gasteiger partial charge in [-0.15, -0.1) is 0 Å². The molecule has 1 aromatic carbocycles. The standard InChI is InChI=1S/C14H17N3O2/c1-9-6-11(13(19-3)7-10(9)2)12-8-17(5-4-15)14(18)16-12/h6-7,12H,5,8H2,1-3H3,(H,16,18). The smallest absolute Gasteiger partial charge is 0.318 e. The fraction of sp³-hybridized carbons (Fsp3) is 0.429. The van der Waals surface area contributed by atoms with E-state index in [9.17, 15) is 4.79 Å². The molecule has 2 rings (SSSR count). The summed E-state index contributed by atoms with van der Waals surface area (Å²) in [7, 11) is 1.62. The summed E-state index contributed by atoms with van der Waals surface area (Å²) < 4.78 is 5.39. The zero-order chi connectivity index (χ0) is 14.0. The van der Waals surface area contributed by atoms with E-state index in [-0.39, 0.29) is 18.6 Å². The minimum atomic E-state index is -0.202. The van der Waals surface area contributed by atoms with Crippen molar-refractivity contribution in [1.82, 2.24) is 10.2 Å². The molecule has 1 saturated heterocycles. The van der Waals surface area contributed by atoms with Crippen LogP contribution < -0.4 is 10.1 Å². The third-order valence-electron chi connectivity index (χ3n) is 3.47. The van der Waals surface area contributed by atoms with E-state index < -0.39 is 0 Å². The number of nitrogens with zero attached hydrogens (tertiary/aromatic N) is 2. The number of nitriles is 1. The van der Waals surface area contributed by atoms with Crippen molar-refractivity contribution in [3.63, 3.8) is 0 Å². The number of carbonyl (C=O) groups is 1. The van der Waals surface area contributed by atoms with Gasteiger partial charge in [0, 0.05) is 12.1 Å². The van der Waals surface area contributed by atoms with Crippen LogP contribution in [0, 0.1) is 25.2 Å². The molecule has 100 valence electrons. The lowest BCUT2D eigenvalue weighted by Crippen LogP contribution is -2.28. The Morgan fingerprint density at radius 1 is 1.47 bits per heavy atom. The van der Waals surface area contributed by atoms with Gasteiger partial charge in [0.25, 0.3) is 0 Å². The maximum absolute atomic E-state index is 11.7. The Hall–Kier alpha value is -2.22. The van der Waals surface area contributed by atoms with E-state index in [1.807, 2.05) is 32.0 Å². The van der Waals surface area contributed by atoms with Crippen LogP contribution in [0.25, 0.3) is 0 Å². The Labute approximate surface area is 112 Å². The van der Waals surface area contributed by atoms with Gasteiger partial charge in [-0.3, -0.25) is 0 Å². The molecule has 0 aliphatic carbocycles. The molecule has 1 atom stereocenters. The molecule has 19 heavy (non-hydrogen) atoms. The van der Waals surface area contributed by atoms with E-state index >= 15 is 0 Å². The molecule has 1 aliphatic rings. The highest BCUT2D eigenvalue weighted by Crippen LogP contribution is 2.31. The molecule has 2 amide bonds. The van der Waals surface area contributed by atoms with Gasteiger partial charge < -0.3 is 15.0 Å². The molecule has 1 heterocycles. The SMILES string of the molecule is COc1cc(C)c(C)cc1C1CN(CC#N)C(=O)N1. The summed E-state index contributed by atoms with van der Waals surface area (Å²) in [5, 5.41) is 11.6. The Morgan fingerprint density at radius 3 is 2.79 bits per heavy atom. The highest BCUT2D eigenvalue weighted by Gasteiger charge is 2.31. The van der Waals surface area contributed by atoms with Crippen LogP contribution in [0.3, 0.4) is 0 Å². The Bertz CT molecular complexity index is 548. The molecule has 5 heteroatoms.